The average Bonchev–Trinajstić information content (AvgIpc) is 3.14. The molecule has 0 saturated carbocycles. The van der Waals surface area contributed by atoms with Crippen LogP contribution in [0.1, 0.15) is 32.3 Å². The minimum absolute atomic E-state index is 1.03. The molecule has 1 aromatic rings. The lowest BCUT2D eigenvalue weighted by molar-refractivity contribution is -0.491. The van der Waals surface area contributed by atoms with E-state index in [2.05, 4.69) is 104 Å². The van der Waals surface area contributed by atoms with Crippen LogP contribution in [0.5, 0.6) is 0 Å². The van der Waals surface area contributed by atoms with Gasteiger partial charge in [0.15, 0.2) is 5.71 Å². The Kier molecular flexibility index (Phi) is 6.28. The maximum absolute atomic E-state index is 2.35. The Morgan fingerprint density at radius 1 is 0.963 bits per heavy atom. The Balaban J connectivity index is 1.70. The van der Waals surface area contributed by atoms with E-state index in [9.17, 15) is 0 Å². The maximum Gasteiger partial charge on any atom is 0.199 e. The van der Waals surface area contributed by atoms with Gasteiger partial charge < -0.3 is 4.90 Å². The standard InChI is InChI=1S/C25H31N2/c1-5-26(3)24-13-9-20(10-14-24)17-22-7-8-23(19-22)18-21-11-15-25(16-12-21)27(4)6-2/h9-19H,5-8H2,1-4H3/q+1. The van der Waals surface area contributed by atoms with Crippen LogP contribution in [0.3, 0.4) is 0 Å². The van der Waals surface area contributed by atoms with Crippen molar-refractivity contribution in [3.8, 4) is 0 Å². The molecule has 3 rings (SSSR count). The molecule has 140 valence electrons. The molecule has 2 nitrogen and oxygen atoms in total. The van der Waals surface area contributed by atoms with Gasteiger partial charge in [-0.1, -0.05) is 30.4 Å². The molecule has 27 heavy (non-hydrogen) atoms. The number of hydrogen-bond acceptors (Lipinski definition) is 1. The van der Waals surface area contributed by atoms with E-state index in [1.807, 2.05) is 0 Å². The Labute approximate surface area is 164 Å². The third-order valence-corrected chi connectivity index (χ3v) is 5.39. The highest BCUT2D eigenvalue weighted by molar-refractivity contribution is 6.02. The van der Waals surface area contributed by atoms with Crippen molar-refractivity contribution in [3.05, 3.63) is 83.0 Å². The highest BCUT2D eigenvalue weighted by Crippen LogP contribution is 2.28. The summed E-state index contributed by atoms with van der Waals surface area (Å²) in [5.41, 5.74) is 7.94. The summed E-state index contributed by atoms with van der Waals surface area (Å²) in [5.74, 6) is 0. The van der Waals surface area contributed by atoms with Crippen molar-refractivity contribution in [2.45, 2.75) is 26.7 Å². The fourth-order valence-corrected chi connectivity index (χ4v) is 3.34. The van der Waals surface area contributed by atoms with Crippen LogP contribution in [0.25, 0.3) is 6.08 Å². The van der Waals surface area contributed by atoms with Gasteiger partial charge in [0.05, 0.1) is 0 Å². The Bertz CT molecular complexity index is 840. The summed E-state index contributed by atoms with van der Waals surface area (Å²) >= 11 is 0. The van der Waals surface area contributed by atoms with Crippen molar-refractivity contribution < 1.29 is 4.58 Å². The number of rotatable bonds is 5. The van der Waals surface area contributed by atoms with Crippen LogP contribution in [-0.2, 0) is 0 Å². The second kappa shape index (κ2) is 8.85. The van der Waals surface area contributed by atoms with Gasteiger partial charge in [-0.15, -0.1) is 0 Å². The van der Waals surface area contributed by atoms with Gasteiger partial charge in [0.1, 0.15) is 13.6 Å². The van der Waals surface area contributed by atoms with Crippen molar-refractivity contribution in [2.75, 3.05) is 32.1 Å². The third-order valence-electron chi connectivity index (χ3n) is 5.39. The van der Waals surface area contributed by atoms with Gasteiger partial charge in [0, 0.05) is 31.4 Å². The fraction of sp³-hybridized carbons (Fsp3) is 0.320. The summed E-state index contributed by atoms with van der Waals surface area (Å²) in [5, 5.41) is 0. The molecule has 0 spiro atoms. The van der Waals surface area contributed by atoms with Gasteiger partial charge in [-0.05, 0) is 73.3 Å². The van der Waals surface area contributed by atoms with E-state index >= 15 is 0 Å². The van der Waals surface area contributed by atoms with Crippen molar-refractivity contribution in [1.82, 2.24) is 0 Å². The van der Waals surface area contributed by atoms with Crippen LogP contribution in [0.15, 0.2) is 77.4 Å². The van der Waals surface area contributed by atoms with Crippen LogP contribution in [0.4, 0.5) is 5.69 Å². The van der Waals surface area contributed by atoms with Crippen molar-refractivity contribution in [1.29, 1.82) is 0 Å². The topological polar surface area (TPSA) is 6.25 Å². The highest BCUT2D eigenvalue weighted by Gasteiger charge is 2.10. The minimum Gasteiger partial charge on any atom is -0.375 e. The zero-order valence-corrected chi connectivity index (χ0v) is 17.1. The zero-order valence-electron chi connectivity index (χ0n) is 17.1. The molecular formula is C25H31N2+. The van der Waals surface area contributed by atoms with E-state index in [1.165, 1.54) is 33.7 Å². The quantitative estimate of drug-likeness (QED) is 0.638. The van der Waals surface area contributed by atoms with Crippen LogP contribution in [-0.4, -0.2) is 37.5 Å². The van der Waals surface area contributed by atoms with E-state index < -0.39 is 0 Å². The molecule has 2 heteroatoms. The predicted octanol–water partition coefficient (Wildman–Crippen LogP) is 5.40. The number of hydrogen-bond donors (Lipinski definition) is 0. The highest BCUT2D eigenvalue weighted by atomic mass is 15.1. The second-order valence-electron chi connectivity index (χ2n) is 7.29. The molecule has 0 aromatic heterocycles. The molecule has 2 aliphatic rings. The van der Waals surface area contributed by atoms with Crippen LogP contribution in [0, 0.1) is 0 Å². The van der Waals surface area contributed by atoms with Gasteiger partial charge in [-0.25, -0.2) is 4.58 Å². The van der Waals surface area contributed by atoms with Gasteiger partial charge in [0.25, 0.3) is 0 Å². The lowest BCUT2D eigenvalue weighted by Gasteiger charge is -2.16. The third kappa shape index (κ3) is 4.97. The predicted molar refractivity (Wildman–Crippen MR) is 119 cm³/mol. The van der Waals surface area contributed by atoms with Crippen molar-refractivity contribution in [2.24, 2.45) is 0 Å². The largest absolute Gasteiger partial charge is 0.375 e. The molecule has 0 saturated heterocycles. The summed E-state index contributed by atoms with van der Waals surface area (Å²) < 4.78 is 2.25. The van der Waals surface area contributed by atoms with Gasteiger partial charge in [-0.2, -0.15) is 0 Å². The fourth-order valence-electron chi connectivity index (χ4n) is 3.34. The zero-order chi connectivity index (χ0) is 19.2. The molecule has 2 aliphatic carbocycles. The lowest BCUT2D eigenvalue weighted by atomic mass is 10.0. The normalized spacial score (nSPS) is 17.5. The SMILES string of the molecule is CCN(C)c1ccc(/C=C2/C=C(C=C3C=CC(=[N+](C)CC)C=C3)CC2)cc1. The van der Waals surface area contributed by atoms with Gasteiger partial charge in [0.2, 0.25) is 0 Å². The number of anilines is 1. The van der Waals surface area contributed by atoms with Gasteiger partial charge >= 0.3 is 0 Å². The molecule has 0 unspecified atom stereocenters. The Morgan fingerprint density at radius 2 is 1.67 bits per heavy atom. The maximum atomic E-state index is 2.35. The molecule has 0 atom stereocenters. The summed E-state index contributed by atoms with van der Waals surface area (Å²) in [6.45, 7) is 6.40. The average molecular weight is 360 g/mol. The van der Waals surface area contributed by atoms with Crippen LogP contribution >= 0.6 is 0 Å². The number of allylic oxidation sites excluding steroid dienone is 9. The molecule has 0 aliphatic heterocycles. The number of benzene rings is 1. The van der Waals surface area contributed by atoms with E-state index in [-0.39, 0.29) is 0 Å². The molecule has 0 heterocycles. The van der Waals surface area contributed by atoms with Crippen LogP contribution < -0.4 is 4.90 Å². The van der Waals surface area contributed by atoms with Crippen molar-refractivity contribution in [3.63, 3.8) is 0 Å². The van der Waals surface area contributed by atoms with Crippen LogP contribution in [0.2, 0.25) is 0 Å². The minimum atomic E-state index is 1.03. The van der Waals surface area contributed by atoms with E-state index in [0.717, 1.165) is 25.9 Å². The first-order valence-corrected chi connectivity index (χ1v) is 9.97. The summed E-state index contributed by atoms with van der Waals surface area (Å²) in [4.78, 5) is 2.25. The number of nitrogens with zero attached hydrogens (tertiary/aromatic N) is 2. The molecule has 0 N–H and O–H groups in total. The molecule has 0 fully saturated rings. The summed E-state index contributed by atoms with van der Waals surface area (Å²) in [7, 11) is 4.25. The molecule has 0 bridgehead atoms. The first kappa shape index (κ1) is 19.2. The lowest BCUT2D eigenvalue weighted by Crippen LogP contribution is -2.15. The Hall–Kier alpha value is -2.61. The smallest absolute Gasteiger partial charge is 0.199 e. The molecule has 1 aromatic carbocycles. The first-order valence-electron chi connectivity index (χ1n) is 9.97. The van der Waals surface area contributed by atoms with E-state index in [4.69, 9.17) is 0 Å². The monoisotopic (exact) mass is 359 g/mol. The molecule has 0 radical (unpaired) electrons. The van der Waals surface area contributed by atoms with Crippen molar-refractivity contribution >= 4 is 17.5 Å². The molecule has 0 amide bonds. The van der Waals surface area contributed by atoms with E-state index in [0.29, 0.717) is 0 Å². The van der Waals surface area contributed by atoms with E-state index in [1.54, 1.807) is 0 Å². The summed E-state index contributed by atoms with van der Waals surface area (Å²) in [6.07, 6.45) is 18.1. The first-order chi connectivity index (χ1) is 13.1. The second-order valence-corrected chi connectivity index (χ2v) is 7.29. The molecular weight excluding hydrogens is 328 g/mol. The van der Waals surface area contributed by atoms with Gasteiger partial charge in [-0.3, -0.25) is 0 Å². The Morgan fingerprint density at radius 3 is 2.30 bits per heavy atom. The summed E-state index contributed by atoms with van der Waals surface area (Å²) in [6, 6.07) is 8.84.